The summed E-state index contributed by atoms with van der Waals surface area (Å²) in [5, 5.41) is 11.0. The molecule has 7 heteroatoms. The summed E-state index contributed by atoms with van der Waals surface area (Å²) in [7, 11) is 0. The number of aromatic nitrogens is 2. The lowest BCUT2D eigenvalue weighted by Gasteiger charge is -2.09. The van der Waals surface area contributed by atoms with Crippen molar-refractivity contribution in [1.82, 2.24) is 15.1 Å². The highest BCUT2D eigenvalue weighted by molar-refractivity contribution is 6.30. The van der Waals surface area contributed by atoms with Gasteiger partial charge in [0.15, 0.2) is 5.82 Å². The van der Waals surface area contributed by atoms with Crippen LogP contribution in [0.4, 0.5) is 16.3 Å². The first-order chi connectivity index (χ1) is 13.1. The zero-order chi connectivity index (χ0) is 18.8. The summed E-state index contributed by atoms with van der Waals surface area (Å²) < 4.78 is 1.61. The van der Waals surface area contributed by atoms with Crippen LogP contribution >= 0.6 is 11.6 Å². The molecular weight excluding hydrogens is 362 g/mol. The largest absolute Gasteiger partial charge is 0.382 e. The molecule has 1 aliphatic rings. The zero-order valence-corrected chi connectivity index (χ0v) is 15.4. The van der Waals surface area contributed by atoms with Gasteiger partial charge in [0, 0.05) is 17.1 Å². The van der Waals surface area contributed by atoms with E-state index < -0.39 is 0 Å². The lowest BCUT2D eigenvalue weighted by atomic mass is 10.1. The summed E-state index contributed by atoms with van der Waals surface area (Å²) in [5.41, 5.74) is 9.09. The molecule has 3 aromatic rings. The molecule has 4 N–H and O–H groups in total. The highest BCUT2D eigenvalue weighted by Gasteiger charge is 2.23. The van der Waals surface area contributed by atoms with E-state index in [4.69, 9.17) is 17.3 Å². The number of rotatable bonds is 5. The average Bonchev–Trinajstić information content (AvgIpc) is 3.46. The number of amides is 2. The SMILES string of the molecule is Nc1c(NC(=O)NCC2CC2)c(-c2ccccc2)nn1-c1ccc(Cl)cc1. The Kier molecular flexibility index (Phi) is 4.73. The van der Waals surface area contributed by atoms with Gasteiger partial charge in [-0.2, -0.15) is 5.10 Å². The predicted octanol–water partition coefficient (Wildman–Crippen LogP) is 4.31. The number of nitrogens with one attached hydrogen (secondary N) is 2. The van der Waals surface area contributed by atoms with Crippen LogP contribution in [0.15, 0.2) is 54.6 Å². The van der Waals surface area contributed by atoms with Crippen LogP contribution in [0.25, 0.3) is 16.9 Å². The van der Waals surface area contributed by atoms with E-state index in [1.165, 1.54) is 12.8 Å². The van der Waals surface area contributed by atoms with Gasteiger partial charge in [-0.15, -0.1) is 0 Å². The molecule has 1 aromatic heterocycles. The number of carbonyl (C=O) groups excluding carboxylic acids is 1. The van der Waals surface area contributed by atoms with Gasteiger partial charge in [-0.25, -0.2) is 9.48 Å². The standard InChI is InChI=1S/C20H20ClN5O/c21-15-8-10-16(11-9-15)26-19(22)18(24-20(27)23-12-13-6-7-13)17(25-26)14-4-2-1-3-5-14/h1-5,8-11,13H,6-7,12,22H2,(H2,23,24,27). The molecule has 1 saturated carbocycles. The number of anilines is 2. The third kappa shape index (κ3) is 3.90. The van der Waals surface area contributed by atoms with E-state index in [2.05, 4.69) is 15.7 Å². The summed E-state index contributed by atoms with van der Waals surface area (Å²) in [6.07, 6.45) is 2.35. The normalized spacial score (nSPS) is 13.4. The number of urea groups is 1. The van der Waals surface area contributed by atoms with Crippen molar-refractivity contribution in [3.05, 3.63) is 59.6 Å². The molecule has 4 rings (SSSR count). The van der Waals surface area contributed by atoms with Crippen molar-refractivity contribution in [3.8, 4) is 16.9 Å². The number of hydrogen-bond acceptors (Lipinski definition) is 3. The van der Waals surface area contributed by atoms with Gasteiger partial charge in [0.25, 0.3) is 0 Å². The molecule has 0 radical (unpaired) electrons. The van der Waals surface area contributed by atoms with Gasteiger partial charge in [0.05, 0.1) is 5.69 Å². The van der Waals surface area contributed by atoms with Crippen molar-refractivity contribution in [1.29, 1.82) is 0 Å². The smallest absolute Gasteiger partial charge is 0.319 e. The van der Waals surface area contributed by atoms with Crippen molar-refractivity contribution in [2.24, 2.45) is 5.92 Å². The molecule has 2 aromatic carbocycles. The number of hydrogen-bond donors (Lipinski definition) is 3. The Labute approximate surface area is 162 Å². The van der Waals surface area contributed by atoms with Crippen LogP contribution in [0, 0.1) is 5.92 Å². The first kappa shape index (κ1) is 17.4. The van der Waals surface area contributed by atoms with Crippen molar-refractivity contribution >= 4 is 29.1 Å². The van der Waals surface area contributed by atoms with Crippen molar-refractivity contribution in [2.45, 2.75) is 12.8 Å². The quantitative estimate of drug-likeness (QED) is 0.615. The van der Waals surface area contributed by atoms with E-state index in [0.29, 0.717) is 34.7 Å². The number of carbonyl (C=O) groups is 1. The minimum Gasteiger partial charge on any atom is -0.382 e. The monoisotopic (exact) mass is 381 g/mol. The van der Waals surface area contributed by atoms with Gasteiger partial charge >= 0.3 is 6.03 Å². The molecule has 0 aliphatic heterocycles. The van der Waals surface area contributed by atoms with Gasteiger partial charge in [0.2, 0.25) is 0 Å². The maximum atomic E-state index is 12.3. The lowest BCUT2D eigenvalue weighted by Crippen LogP contribution is -2.30. The summed E-state index contributed by atoms with van der Waals surface area (Å²) in [5.74, 6) is 0.955. The van der Waals surface area contributed by atoms with Gasteiger partial charge in [-0.05, 0) is 43.0 Å². The predicted molar refractivity (Wildman–Crippen MR) is 108 cm³/mol. The Hall–Kier alpha value is -2.99. The van der Waals surface area contributed by atoms with Gasteiger partial charge in [0.1, 0.15) is 11.4 Å². The Bertz CT molecular complexity index is 949. The second kappa shape index (κ2) is 7.32. The van der Waals surface area contributed by atoms with Crippen LogP contribution < -0.4 is 16.4 Å². The molecule has 1 heterocycles. The van der Waals surface area contributed by atoms with Gasteiger partial charge in [-0.1, -0.05) is 41.9 Å². The van der Waals surface area contributed by atoms with Crippen LogP contribution in [0.3, 0.4) is 0 Å². The van der Waals surface area contributed by atoms with E-state index >= 15 is 0 Å². The number of halogens is 1. The van der Waals surface area contributed by atoms with Crippen LogP contribution in [-0.2, 0) is 0 Å². The number of nitrogen functional groups attached to an aromatic ring is 1. The van der Waals surface area contributed by atoms with Crippen molar-refractivity contribution in [3.63, 3.8) is 0 Å². The molecule has 6 nitrogen and oxygen atoms in total. The lowest BCUT2D eigenvalue weighted by molar-refractivity contribution is 0.251. The molecule has 0 spiro atoms. The van der Waals surface area contributed by atoms with E-state index in [9.17, 15) is 4.79 Å². The fourth-order valence-electron chi connectivity index (χ4n) is 2.85. The van der Waals surface area contributed by atoms with Gasteiger partial charge < -0.3 is 16.4 Å². The van der Waals surface area contributed by atoms with E-state index in [1.807, 2.05) is 42.5 Å². The molecule has 2 amide bonds. The molecule has 138 valence electrons. The molecule has 27 heavy (non-hydrogen) atoms. The van der Waals surface area contributed by atoms with E-state index in [1.54, 1.807) is 16.8 Å². The summed E-state index contributed by atoms with van der Waals surface area (Å²) in [4.78, 5) is 12.3. The van der Waals surface area contributed by atoms with E-state index in [0.717, 1.165) is 11.3 Å². The van der Waals surface area contributed by atoms with E-state index in [-0.39, 0.29) is 6.03 Å². The Balaban J connectivity index is 1.70. The molecular formula is C20H20ClN5O. The Morgan fingerprint density at radius 1 is 1.15 bits per heavy atom. The Morgan fingerprint density at radius 2 is 1.85 bits per heavy atom. The molecule has 0 saturated heterocycles. The highest BCUT2D eigenvalue weighted by Crippen LogP contribution is 2.34. The average molecular weight is 382 g/mol. The topological polar surface area (TPSA) is 85.0 Å². The second-order valence-electron chi connectivity index (χ2n) is 6.64. The molecule has 1 aliphatic carbocycles. The van der Waals surface area contributed by atoms with Crippen molar-refractivity contribution < 1.29 is 4.79 Å². The maximum Gasteiger partial charge on any atom is 0.319 e. The summed E-state index contributed by atoms with van der Waals surface area (Å²) >= 11 is 5.98. The number of nitrogens with zero attached hydrogens (tertiary/aromatic N) is 2. The Morgan fingerprint density at radius 3 is 2.52 bits per heavy atom. The number of nitrogens with two attached hydrogens (primary N) is 1. The fourth-order valence-corrected chi connectivity index (χ4v) is 2.97. The molecule has 0 bridgehead atoms. The third-order valence-electron chi connectivity index (χ3n) is 4.53. The first-order valence-electron chi connectivity index (χ1n) is 8.86. The maximum absolute atomic E-state index is 12.3. The van der Waals surface area contributed by atoms with Crippen LogP contribution in [0.5, 0.6) is 0 Å². The zero-order valence-electron chi connectivity index (χ0n) is 14.7. The first-order valence-corrected chi connectivity index (χ1v) is 9.24. The molecule has 1 fully saturated rings. The highest BCUT2D eigenvalue weighted by atomic mass is 35.5. The molecule has 0 atom stereocenters. The second-order valence-corrected chi connectivity index (χ2v) is 7.08. The van der Waals surface area contributed by atoms with Crippen LogP contribution in [0.1, 0.15) is 12.8 Å². The van der Waals surface area contributed by atoms with Crippen molar-refractivity contribution in [2.75, 3.05) is 17.6 Å². The van der Waals surface area contributed by atoms with Crippen LogP contribution in [0.2, 0.25) is 5.02 Å². The summed E-state index contributed by atoms with van der Waals surface area (Å²) in [6.45, 7) is 0.678. The van der Waals surface area contributed by atoms with Crippen LogP contribution in [-0.4, -0.2) is 22.4 Å². The number of benzene rings is 2. The summed E-state index contributed by atoms with van der Waals surface area (Å²) in [6, 6.07) is 16.6. The minimum atomic E-state index is -0.276. The third-order valence-corrected chi connectivity index (χ3v) is 4.78. The van der Waals surface area contributed by atoms with Gasteiger partial charge in [-0.3, -0.25) is 0 Å². The fraction of sp³-hybridized carbons (Fsp3) is 0.200. The minimum absolute atomic E-state index is 0.276. The molecule has 0 unspecified atom stereocenters.